The number of nitrogens with two attached hydrogens (primary N) is 1. The number of hydrogen-bond acceptors (Lipinski definition) is 7. The summed E-state index contributed by atoms with van der Waals surface area (Å²) in [6, 6.07) is 1.60. The lowest BCUT2D eigenvalue weighted by molar-refractivity contribution is -0.00156. The van der Waals surface area contributed by atoms with Gasteiger partial charge < -0.3 is 25.3 Å². The molecule has 2 heterocycles. The highest BCUT2D eigenvalue weighted by Crippen LogP contribution is 2.33. The van der Waals surface area contributed by atoms with E-state index in [1.54, 1.807) is 0 Å². The number of nitrogens with one attached hydrogen (secondary N) is 1. The highest BCUT2D eigenvalue weighted by atomic mass is 19.2. The number of carbonyl (C=O) groups excluding carboxylic acids is 1. The number of amidine groups is 1. The van der Waals surface area contributed by atoms with Crippen LogP contribution in [0.15, 0.2) is 29.5 Å². The summed E-state index contributed by atoms with van der Waals surface area (Å²) in [6.45, 7) is -1.96. The number of amides is 1. The van der Waals surface area contributed by atoms with Crippen LogP contribution in [-0.4, -0.2) is 54.9 Å². The van der Waals surface area contributed by atoms with Crippen molar-refractivity contribution < 1.29 is 36.6 Å². The number of rotatable bonds is 7. The van der Waals surface area contributed by atoms with Gasteiger partial charge in [-0.3, -0.25) is 4.79 Å². The van der Waals surface area contributed by atoms with E-state index in [2.05, 4.69) is 25.0 Å². The van der Waals surface area contributed by atoms with Crippen molar-refractivity contribution in [1.82, 2.24) is 9.97 Å². The summed E-state index contributed by atoms with van der Waals surface area (Å²) >= 11 is 0. The molecule has 1 aliphatic heterocycles. The number of aliphatic imine (C=N–C) groups is 1. The number of benzene rings is 1. The molecule has 172 valence electrons. The smallest absolute Gasteiger partial charge is 0.284 e. The zero-order valence-electron chi connectivity index (χ0n) is 16.6. The Labute approximate surface area is 179 Å². The van der Waals surface area contributed by atoms with Gasteiger partial charge in [0.1, 0.15) is 11.8 Å². The zero-order valence-corrected chi connectivity index (χ0v) is 16.6. The molecule has 0 radical (unpaired) electrons. The van der Waals surface area contributed by atoms with Crippen LogP contribution in [0.3, 0.4) is 0 Å². The zero-order chi connectivity index (χ0) is 23.1. The lowest BCUT2D eigenvalue weighted by Gasteiger charge is -2.32. The van der Waals surface area contributed by atoms with Crippen molar-refractivity contribution in [3.05, 3.63) is 47.4 Å². The second-order valence-corrected chi connectivity index (χ2v) is 6.55. The van der Waals surface area contributed by atoms with Crippen LogP contribution < -0.4 is 15.8 Å². The van der Waals surface area contributed by atoms with Crippen LogP contribution in [0, 0.1) is 11.6 Å². The molecule has 1 saturated heterocycles. The van der Waals surface area contributed by atoms with Crippen LogP contribution in [0.1, 0.15) is 28.4 Å². The maximum atomic E-state index is 14.6. The predicted octanol–water partition coefficient (Wildman–Crippen LogP) is 2.44. The lowest BCUT2D eigenvalue weighted by atomic mass is 9.89. The molecule has 0 aliphatic carbocycles. The Kier molecular flexibility index (Phi) is 7.76. The number of halogens is 4. The number of carbonyl (C=O) groups is 1. The van der Waals surface area contributed by atoms with E-state index in [0.29, 0.717) is 0 Å². The molecule has 0 unspecified atom stereocenters. The number of nitrogens with zero attached hydrogens (tertiary/aromatic N) is 3. The van der Waals surface area contributed by atoms with Crippen molar-refractivity contribution >= 4 is 17.6 Å². The highest BCUT2D eigenvalue weighted by molar-refractivity contribution is 6.02. The Hall–Kier alpha value is -3.48. The van der Waals surface area contributed by atoms with E-state index in [-0.39, 0.29) is 42.5 Å². The first-order valence-corrected chi connectivity index (χ1v) is 9.34. The second kappa shape index (κ2) is 10.7. The maximum absolute atomic E-state index is 14.6. The van der Waals surface area contributed by atoms with Crippen LogP contribution >= 0.6 is 0 Å². The summed E-state index contributed by atoms with van der Waals surface area (Å²) in [4.78, 5) is 23.2. The summed E-state index contributed by atoms with van der Waals surface area (Å²) in [5.74, 6) is -4.07. The van der Waals surface area contributed by atoms with Gasteiger partial charge in [-0.25, -0.2) is 32.5 Å². The van der Waals surface area contributed by atoms with E-state index in [1.807, 2.05) is 0 Å². The number of aromatic nitrogens is 2. The van der Waals surface area contributed by atoms with Crippen LogP contribution in [0.2, 0.25) is 0 Å². The molecular formula is C19H19F4N5O4. The van der Waals surface area contributed by atoms with Gasteiger partial charge in [-0.15, -0.1) is 0 Å². The fraction of sp³-hybridized carbons (Fsp3) is 0.368. The molecule has 0 spiro atoms. The highest BCUT2D eigenvalue weighted by Gasteiger charge is 2.33. The number of alkyl halides is 2. The summed E-state index contributed by atoms with van der Waals surface area (Å²) in [6.07, 6.45) is 1.59. The van der Waals surface area contributed by atoms with Gasteiger partial charge in [0.2, 0.25) is 12.7 Å². The molecule has 1 aromatic carbocycles. The van der Waals surface area contributed by atoms with Gasteiger partial charge in [0, 0.05) is 29.7 Å². The molecule has 0 bridgehead atoms. The first-order valence-electron chi connectivity index (χ1n) is 9.34. The van der Waals surface area contributed by atoms with Gasteiger partial charge in [0.25, 0.3) is 11.9 Å². The van der Waals surface area contributed by atoms with Gasteiger partial charge >= 0.3 is 0 Å². The lowest BCUT2D eigenvalue weighted by Crippen LogP contribution is -2.37. The van der Waals surface area contributed by atoms with Crippen molar-refractivity contribution in [3.8, 4) is 5.88 Å². The first kappa shape index (κ1) is 23.2. The average Bonchev–Trinajstić information content (AvgIpc) is 2.77. The fourth-order valence-electron chi connectivity index (χ4n) is 3.11. The van der Waals surface area contributed by atoms with E-state index >= 15 is 0 Å². The summed E-state index contributed by atoms with van der Waals surface area (Å²) in [7, 11) is 0. The number of hydrogen-bond donors (Lipinski definition) is 2. The molecule has 1 aromatic heterocycles. The topological polar surface area (TPSA) is 121 Å². The molecule has 1 aliphatic rings. The molecule has 0 saturated carbocycles. The Morgan fingerprint density at radius 2 is 2.09 bits per heavy atom. The minimum absolute atomic E-state index is 0.0250. The van der Waals surface area contributed by atoms with Crippen molar-refractivity contribution in [2.75, 3.05) is 32.2 Å². The minimum Gasteiger partial charge on any atom is -0.461 e. The number of ether oxygens (including phenoxy) is 3. The Bertz CT molecular complexity index is 977. The molecular weight excluding hydrogens is 438 g/mol. The molecule has 32 heavy (non-hydrogen) atoms. The number of anilines is 1. The maximum Gasteiger partial charge on any atom is 0.284 e. The summed E-state index contributed by atoms with van der Waals surface area (Å²) < 4.78 is 68.7. The van der Waals surface area contributed by atoms with E-state index in [0.717, 1.165) is 18.5 Å². The molecule has 13 heteroatoms. The Morgan fingerprint density at radius 3 is 2.78 bits per heavy atom. The van der Waals surface area contributed by atoms with E-state index in [4.69, 9.17) is 15.2 Å². The third-order valence-corrected chi connectivity index (χ3v) is 4.56. The molecule has 3 rings (SSSR count). The van der Waals surface area contributed by atoms with Crippen molar-refractivity contribution in [2.24, 2.45) is 10.7 Å². The third-order valence-electron chi connectivity index (χ3n) is 4.56. The summed E-state index contributed by atoms with van der Waals surface area (Å²) in [5.41, 5.74) is 5.13. The fourth-order valence-corrected chi connectivity index (χ4v) is 3.11. The van der Waals surface area contributed by atoms with Crippen LogP contribution in [0.5, 0.6) is 5.88 Å². The molecule has 1 amide bonds. The van der Waals surface area contributed by atoms with Crippen molar-refractivity contribution in [3.63, 3.8) is 0 Å². The molecule has 9 nitrogen and oxygen atoms in total. The monoisotopic (exact) mass is 457 g/mol. The van der Waals surface area contributed by atoms with Gasteiger partial charge in [0.15, 0.2) is 18.4 Å². The molecule has 3 N–H and O–H groups in total. The molecule has 2 aromatic rings. The SMILES string of the molecule is N/C(=N/CF)O[C@@H]1CCOC[C@@H]1c1cc(NC(=O)c2cnc(OCF)cn2)cc(F)c1F. The first-order chi connectivity index (χ1) is 15.4. The Balaban J connectivity index is 1.83. The van der Waals surface area contributed by atoms with Crippen LogP contribution in [0.4, 0.5) is 23.2 Å². The summed E-state index contributed by atoms with van der Waals surface area (Å²) in [5, 5.41) is 2.39. The predicted molar refractivity (Wildman–Crippen MR) is 104 cm³/mol. The van der Waals surface area contributed by atoms with Crippen LogP contribution in [-0.2, 0) is 9.47 Å². The third kappa shape index (κ3) is 5.60. The average molecular weight is 457 g/mol. The minimum atomic E-state index is -1.22. The Morgan fingerprint density at radius 1 is 1.28 bits per heavy atom. The van der Waals surface area contributed by atoms with Gasteiger partial charge in [-0.2, -0.15) is 0 Å². The van der Waals surface area contributed by atoms with Gasteiger partial charge in [-0.05, 0) is 6.07 Å². The quantitative estimate of drug-likeness (QED) is 0.284. The van der Waals surface area contributed by atoms with Gasteiger partial charge in [-0.1, -0.05) is 0 Å². The second-order valence-electron chi connectivity index (χ2n) is 6.55. The molecule has 2 atom stereocenters. The normalized spacial score (nSPS) is 18.8. The van der Waals surface area contributed by atoms with E-state index < -0.39 is 49.2 Å². The van der Waals surface area contributed by atoms with Crippen molar-refractivity contribution in [2.45, 2.75) is 18.4 Å². The van der Waals surface area contributed by atoms with Crippen LogP contribution in [0.25, 0.3) is 0 Å². The van der Waals surface area contributed by atoms with Gasteiger partial charge in [0.05, 0.1) is 25.6 Å². The van der Waals surface area contributed by atoms with E-state index in [9.17, 15) is 22.4 Å². The molecule has 1 fully saturated rings. The standard InChI is InChI=1S/C19H19F4N5O4/c20-8-27-19(24)32-15-1-2-30-7-12(15)11-3-10(4-13(22)17(11)23)28-18(29)14-5-26-16(6-25-14)31-9-21/h3-6,12,15H,1-2,7-9H2,(H2,24,27)(H,28,29)/t12-,15-/m1/s1. The largest absolute Gasteiger partial charge is 0.461 e. The van der Waals surface area contributed by atoms with Crippen molar-refractivity contribution in [1.29, 1.82) is 0 Å². The van der Waals surface area contributed by atoms with E-state index in [1.165, 1.54) is 6.07 Å².